The van der Waals surface area contributed by atoms with E-state index in [1.165, 1.54) is 7.11 Å². The summed E-state index contributed by atoms with van der Waals surface area (Å²) in [7, 11) is 1.35. The van der Waals surface area contributed by atoms with Crippen molar-refractivity contribution >= 4 is 11.8 Å². The molecule has 0 amide bonds. The van der Waals surface area contributed by atoms with Crippen molar-refractivity contribution in [2.75, 3.05) is 20.2 Å². The lowest BCUT2D eigenvalue weighted by atomic mass is 9.82. The van der Waals surface area contributed by atoms with Crippen molar-refractivity contribution < 1.29 is 19.1 Å². The number of carbonyl (C=O) groups is 2. The number of ether oxygens (including phenoxy) is 2. The zero-order valence-electron chi connectivity index (χ0n) is 15.5. The Hall–Kier alpha value is -2.73. The Morgan fingerprint density at radius 2 is 2.00 bits per heavy atom. The Kier molecular flexibility index (Phi) is 4.44. The number of benzene rings is 1. The van der Waals surface area contributed by atoms with E-state index in [4.69, 9.17) is 9.47 Å². The molecule has 0 aliphatic carbocycles. The number of methoxy groups -OCH3 is 1. The molecule has 0 unspecified atom stereocenters. The first-order valence-electron chi connectivity index (χ1n) is 9.14. The maximum absolute atomic E-state index is 12.8. The van der Waals surface area contributed by atoms with Crippen molar-refractivity contribution in [3.05, 3.63) is 47.3 Å². The van der Waals surface area contributed by atoms with Crippen LogP contribution in [-0.2, 0) is 4.74 Å². The monoisotopic (exact) mass is 366 g/mol. The first kappa shape index (κ1) is 17.7. The van der Waals surface area contributed by atoms with E-state index in [0.29, 0.717) is 29.0 Å². The van der Waals surface area contributed by atoms with Gasteiger partial charge in [-0.2, -0.15) is 0 Å². The predicted octanol–water partition coefficient (Wildman–Crippen LogP) is 2.93. The van der Waals surface area contributed by atoms with Crippen molar-refractivity contribution in [3.8, 4) is 16.9 Å². The molecule has 1 spiro atoms. The third-order valence-electron chi connectivity index (χ3n) is 5.43. The number of ketones is 1. The Morgan fingerprint density at radius 1 is 1.22 bits per heavy atom. The fraction of sp³-hybridized carbons (Fsp3) is 0.381. The van der Waals surface area contributed by atoms with Crippen LogP contribution in [0.1, 0.15) is 45.7 Å². The normalized spacial score (nSPS) is 17.9. The number of Topliss-reactive ketones (excluding diaryl/α,β-unsaturated/α-hetero) is 1. The minimum absolute atomic E-state index is 0.105. The SMILES string of the molecule is COC(=O)c1cc(-c2ccc3c(c2)C(=O)CC2(CCNCC2)O3)cnc1C. The lowest BCUT2D eigenvalue weighted by Crippen LogP contribution is -2.49. The second-order valence-corrected chi connectivity index (χ2v) is 7.19. The quantitative estimate of drug-likeness (QED) is 0.824. The number of aryl methyl sites for hydroxylation is 1. The van der Waals surface area contributed by atoms with Crippen LogP contribution in [0.5, 0.6) is 5.75 Å². The van der Waals surface area contributed by atoms with Crippen LogP contribution in [0.4, 0.5) is 0 Å². The van der Waals surface area contributed by atoms with Crippen molar-refractivity contribution in [1.82, 2.24) is 10.3 Å². The number of carbonyl (C=O) groups excluding carboxylic acids is 2. The molecule has 2 aromatic rings. The number of hydrogen-bond acceptors (Lipinski definition) is 6. The highest BCUT2D eigenvalue weighted by Crippen LogP contribution is 2.39. The van der Waals surface area contributed by atoms with Gasteiger partial charge < -0.3 is 14.8 Å². The van der Waals surface area contributed by atoms with Crippen LogP contribution < -0.4 is 10.1 Å². The third-order valence-corrected chi connectivity index (χ3v) is 5.43. The van der Waals surface area contributed by atoms with Crippen LogP contribution in [0.15, 0.2) is 30.5 Å². The highest BCUT2D eigenvalue weighted by Gasteiger charge is 2.41. The Morgan fingerprint density at radius 3 is 2.74 bits per heavy atom. The van der Waals surface area contributed by atoms with Gasteiger partial charge in [-0.3, -0.25) is 9.78 Å². The molecule has 3 heterocycles. The minimum Gasteiger partial charge on any atom is -0.486 e. The fourth-order valence-corrected chi connectivity index (χ4v) is 3.84. The lowest BCUT2D eigenvalue weighted by Gasteiger charge is -2.41. The second kappa shape index (κ2) is 6.78. The summed E-state index contributed by atoms with van der Waals surface area (Å²) >= 11 is 0. The maximum atomic E-state index is 12.8. The molecule has 140 valence electrons. The van der Waals surface area contributed by atoms with E-state index in [1.807, 2.05) is 18.2 Å². The molecule has 0 bridgehead atoms. The first-order valence-corrected chi connectivity index (χ1v) is 9.14. The zero-order chi connectivity index (χ0) is 19.0. The number of rotatable bonds is 2. The smallest absolute Gasteiger partial charge is 0.339 e. The number of nitrogens with one attached hydrogen (secondary N) is 1. The molecule has 0 radical (unpaired) electrons. The Balaban J connectivity index is 1.69. The number of hydrogen-bond donors (Lipinski definition) is 1. The van der Waals surface area contributed by atoms with E-state index in [9.17, 15) is 9.59 Å². The van der Waals surface area contributed by atoms with Gasteiger partial charge in [-0.05, 0) is 43.8 Å². The average molecular weight is 366 g/mol. The van der Waals surface area contributed by atoms with Gasteiger partial charge in [-0.25, -0.2) is 4.79 Å². The zero-order valence-corrected chi connectivity index (χ0v) is 15.5. The first-order chi connectivity index (χ1) is 13.0. The number of pyridine rings is 1. The summed E-state index contributed by atoms with van der Waals surface area (Å²) in [6.07, 6.45) is 3.78. The van der Waals surface area contributed by atoms with Gasteiger partial charge in [0.2, 0.25) is 0 Å². The van der Waals surface area contributed by atoms with Crippen LogP contribution in [0, 0.1) is 6.92 Å². The lowest BCUT2D eigenvalue weighted by molar-refractivity contribution is 0.0187. The van der Waals surface area contributed by atoms with Gasteiger partial charge in [0, 0.05) is 24.6 Å². The molecule has 1 saturated heterocycles. The number of aromatic nitrogens is 1. The molecular weight excluding hydrogens is 344 g/mol. The van der Waals surface area contributed by atoms with Gasteiger partial charge in [0.05, 0.1) is 30.4 Å². The minimum atomic E-state index is -0.424. The summed E-state index contributed by atoms with van der Waals surface area (Å²) < 4.78 is 11.1. The molecule has 1 aromatic heterocycles. The average Bonchev–Trinajstić information content (AvgIpc) is 2.68. The molecule has 1 aromatic carbocycles. The van der Waals surface area contributed by atoms with Crippen molar-refractivity contribution in [1.29, 1.82) is 0 Å². The van der Waals surface area contributed by atoms with Crippen molar-refractivity contribution in [2.45, 2.75) is 31.8 Å². The summed E-state index contributed by atoms with van der Waals surface area (Å²) in [6, 6.07) is 7.33. The summed E-state index contributed by atoms with van der Waals surface area (Å²) in [4.78, 5) is 29.1. The van der Waals surface area contributed by atoms with Crippen LogP contribution in [0.25, 0.3) is 11.1 Å². The van der Waals surface area contributed by atoms with Gasteiger partial charge >= 0.3 is 5.97 Å². The number of fused-ring (bicyclic) bond motifs is 1. The molecule has 2 aliphatic rings. The van der Waals surface area contributed by atoms with E-state index in [-0.39, 0.29) is 11.4 Å². The van der Waals surface area contributed by atoms with Crippen LogP contribution in [-0.4, -0.2) is 42.5 Å². The van der Waals surface area contributed by atoms with E-state index in [2.05, 4.69) is 10.3 Å². The standard InChI is InChI=1S/C21H22N2O4/c1-13-16(20(25)26-2)10-15(12-23-13)14-3-4-19-17(9-14)18(24)11-21(27-19)5-7-22-8-6-21/h3-4,9-10,12,22H,5-8,11H2,1-2H3. The van der Waals surface area contributed by atoms with E-state index in [0.717, 1.165) is 37.1 Å². The van der Waals surface area contributed by atoms with Gasteiger partial charge in [-0.15, -0.1) is 0 Å². The molecule has 1 fully saturated rings. The fourth-order valence-electron chi connectivity index (χ4n) is 3.84. The van der Waals surface area contributed by atoms with Crippen LogP contribution in [0.2, 0.25) is 0 Å². The third kappa shape index (κ3) is 3.21. The number of nitrogens with zero attached hydrogens (tertiary/aromatic N) is 1. The number of esters is 1. The highest BCUT2D eigenvalue weighted by molar-refractivity contribution is 6.01. The predicted molar refractivity (Wildman–Crippen MR) is 100 cm³/mol. The highest BCUT2D eigenvalue weighted by atomic mass is 16.5. The molecule has 2 aliphatic heterocycles. The number of piperidine rings is 1. The van der Waals surface area contributed by atoms with Crippen LogP contribution in [0.3, 0.4) is 0 Å². The van der Waals surface area contributed by atoms with Gasteiger partial charge in [-0.1, -0.05) is 6.07 Å². The summed E-state index contributed by atoms with van der Waals surface area (Å²) in [6.45, 7) is 3.50. The van der Waals surface area contributed by atoms with E-state index < -0.39 is 5.97 Å². The van der Waals surface area contributed by atoms with E-state index in [1.54, 1.807) is 19.2 Å². The van der Waals surface area contributed by atoms with Crippen LogP contribution >= 0.6 is 0 Å². The van der Waals surface area contributed by atoms with Gasteiger partial charge in [0.15, 0.2) is 5.78 Å². The molecular formula is C21H22N2O4. The van der Waals surface area contributed by atoms with E-state index >= 15 is 0 Å². The summed E-state index contributed by atoms with van der Waals surface area (Å²) in [5.74, 6) is 0.325. The molecule has 4 rings (SSSR count). The summed E-state index contributed by atoms with van der Waals surface area (Å²) in [5.41, 5.74) is 2.83. The molecule has 1 N–H and O–H groups in total. The maximum Gasteiger partial charge on any atom is 0.339 e. The van der Waals surface area contributed by atoms with Crippen molar-refractivity contribution in [3.63, 3.8) is 0 Å². The summed E-state index contributed by atoms with van der Waals surface area (Å²) in [5, 5.41) is 3.31. The second-order valence-electron chi connectivity index (χ2n) is 7.19. The topological polar surface area (TPSA) is 77.5 Å². The largest absolute Gasteiger partial charge is 0.486 e. The molecule has 0 atom stereocenters. The molecule has 0 saturated carbocycles. The Labute approximate surface area is 157 Å². The van der Waals surface area contributed by atoms with Crippen molar-refractivity contribution in [2.24, 2.45) is 0 Å². The molecule has 6 heteroatoms. The van der Waals surface area contributed by atoms with Gasteiger partial charge in [0.25, 0.3) is 0 Å². The molecule has 6 nitrogen and oxygen atoms in total. The molecule has 27 heavy (non-hydrogen) atoms. The van der Waals surface area contributed by atoms with Gasteiger partial charge in [0.1, 0.15) is 11.4 Å². The Bertz CT molecular complexity index is 916.